The van der Waals surface area contributed by atoms with Gasteiger partial charge in [-0.2, -0.15) is 0 Å². The number of rotatable bonds is 6. The molecule has 1 aromatic carbocycles. The first kappa shape index (κ1) is 26.3. The first-order valence-electron chi connectivity index (χ1n) is 13.7. The molecule has 2 amide bonds. The molecule has 2 atom stereocenters. The fourth-order valence-corrected chi connectivity index (χ4v) is 5.80. The second-order valence-corrected chi connectivity index (χ2v) is 10.9. The van der Waals surface area contributed by atoms with E-state index in [4.69, 9.17) is 0 Å². The summed E-state index contributed by atoms with van der Waals surface area (Å²) in [5.74, 6) is 0.468. The number of likely N-dealkylation sites (tertiary alicyclic amines) is 1. The molecule has 0 bridgehead atoms. The molecule has 1 saturated heterocycles. The highest BCUT2D eigenvalue weighted by molar-refractivity contribution is 6.04. The minimum atomic E-state index is -0.341. The monoisotopic (exact) mass is 493 g/mol. The number of carbonyl (C=O) groups is 2. The fourth-order valence-electron chi connectivity index (χ4n) is 5.80. The quantitative estimate of drug-likeness (QED) is 0.492. The summed E-state index contributed by atoms with van der Waals surface area (Å²) in [7, 11) is 0. The number of aromatic nitrogens is 1. The van der Waals surface area contributed by atoms with Gasteiger partial charge in [-0.05, 0) is 107 Å². The Morgan fingerprint density at radius 2 is 1.83 bits per heavy atom. The number of amides is 2. The van der Waals surface area contributed by atoms with Crippen LogP contribution >= 0.6 is 0 Å². The van der Waals surface area contributed by atoms with Crippen molar-refractivity contribution in [2.45, 2.75) is 91.0 Å². The number of carbonyl (C=O) groups excluding carboxylic acids is 2. The van der Waals surface area contributed by atoms with Crippen LogP contribution in [0.4, 0.5) is 10.1 Å². The number of hydrogen-bond donors (Lipinski definition) is 1. The molecule has 36 heavy (non-hydrogen) atoms. The molecule has 4 rings (SSSR count). The van der Waals surface area contributed by atoms with Gasteiger partial charge in [0.05, 0.1) is 5.56 Å². The summed E-state index contributed by atoms with van der Waals surface area (Å²) in [6, 6.07) is 6.79. The van der Waals surface area contributed by atoms with E-state index in [2.05, 4.69) is 22.1 Å². The number of anilines is 1. The number of pyridine rings is 1. The Bertz CT molecular complexity index is 1060. The van der Waals surface area contributed by atoms with E-state index in [-0.39, 0.29) is 17.6 Å². The molecule has 5 nitrogen and oxygen atoms in total. The molecule has 2 aliphatic rings. The average Bonchev–Trinajstić information content (AvgIpc) is 3.06. The molecule has 1 aliphatic carbocycles. The zero-order valence-corrected chi connectivity index (χ0v) is 22.0. The highest BCUT2D eigenvalue weighted by atomic mass is 19.1. The molecule has 6 heteroatoms. The summed E-state index contributed by atoms with van der Waals surface area (Å²) in [5.41, 5.74) is 3.63. The van der Waals surface area contributed by atoms with Gasteiger partial charge >= 0.3 is 0 Å². The maximum Gasteiger partial charge on any atom is 0.257 e. The van der Waals surface area contributed by atoms with Crippen molar-refractivity contribution in [1.29, 1.82) is 0 Å². The Balaban J connectivity index is 1.37. The fraction of sp³-hybridized carbons (Fsp3) is 0.567. The van der Waals surface area contributed by atoms with Crippen molar-refractivity contribution in [3.8, 4) is 0 Å². The molecule has 1 N–H and O–H groups in total. The number of benzene rings is 1. The van der Waals surface area contributed by atoms with Gasteiger partial charge in [0.2, 0.25) is 5.91 Å². The summed E-state index contributed by atoms with van der Waals surface area (Å²) < 4.78 is 14.5. The topological polar surface area (TPSA) is 62.3 Å². The van der Waals surface area contributed by atoms with Crippen molar-refractivity contribution in [2.75, 3.05) is 11.9 Å². The zero-order valence-electron chi connectivity index (χ0n) is 22.0. The standard InChI is InChI=1S/C30H40FN3O2/c1-20-9-13-26(19-32-20)29(35)33-28-18-27(31)17-25(22(28)3)14-12-23-11-10-21(2)34(16-15-23)30(36)24-7-5-4-6-8-24/h9,13,17-19,21,23-24H,4-8,10-12,14-16H2,1-3H3,(H,33,35). The molecule has 2 heterocycles. The Morgan fingerprint density at radius 3 is 2.56 bits per heavy atom. The Kier molecular flexibility index (Phi) is 8.76. The normalized spacial score (nSPS) is 21.2. The van der Waals surface area contributed by atoms with Crippen molar-refractivity contribution >= 4 is 17.5 Å². The van der Waals surface area contributed by atoms with Crippen LogP contribution in [0.15, 0.2) is 30.5 Å². The third kappa shape index (κ3) is 6.51. The second kappa shape index (κ2) is 12.0. The minimum Gasteiger partial charge on any atom is -0.340 e. The van der Waals surface area contributed by atoms with Crippen LogP contribution in [0.2, 0.25) is 0 Å². The Morgan fingerprint density at radius 1 is 1.06 bits per heavy atom. The van der Waals surface area contributed by atoms with Crippen LogP contribution < -0.4 is 5.32 Å². The minimum absolute atomic E-state index is 0.219. The lowest BCUT2D eigenvalue weighted by atomic mass is 9.88. The zero-order chi connectivity index (χ0) is 25.7. The highest BCUT2D eigenvalue weighted by Gasteiger charge is 2.31. The van der Waals surface area contributed by atoms with E-state index in [0.717, 1.165) is 68.3 Å². The van der Waals surface area contributed by atoms with Crippen molar-refractivity contribution in [3.05, 3.63) is 58.7 Å². The molecule has 1 saturated carbocycles. The van der Waals surface area contributed by atoms with Gasteiger partial charge in [0.1, 0.15) is 5.82 Å². The van der Waals surface area contributed by atoms with Crippen LogP contribution in [0.5, 0.6) is 0 Å². The van der Waals surface area contributed by atoms with Gasteiger partial charge in [-0.15, -0.1) is 0 Å². The predicted molar refractivity (Wildman–Crippen MR) is 141 cm³/mol. The van der Waals surface area contributed by atoms with Crippen LogP contribution in [-0.4, -0.2) is 34.3 Å². The van der Waals surface area contributed by atoms with Gasteiger partial charge in [0.25, 0.3) is 5.91 Å². The molecule has 0 spiro atoms. The lowest BCUT2D eigenvalue weighted by molar-refractivity contribution is -0.138. The number of aryl methyl sites for hydroxylation is 2. The van der Waals surface area contributed by atoms with Crippen LogP contribution in [-0.2, 0) is 11.2 Å². The largest absolute Gasteiger partial charge is 0.340 e. The van der Waals surface area contributed by atoms with Crippen LogP contribution in [0.1, 0.15) is 91.9 Å². The van der Waals surface area contributed by atoms with E-state index >= 15 is 0 Å². The van der Waals surface area contributed by atoms with Gasteiger partial charge in [0, 0.05) is 36.1 Å². The van der Waals surface area contributed by atoms with Crippen LogP contribution in [0.3, 0.4) is 0 Å². The van der Waals surface area contributed by atoms with Crippen molar-refractivity contribution in [3.63, 3.8) is 0 Å². The first-order valence-corrected chi connectivity index (χ1v) is 13.7. The first-order chi connectivity index (χ1) is 17.3. The molecular formula is C30H40FN3O2. The molecule has 2 fully saturated rings. The Labute approximate surface area is 214 Å². The molecule has 194 valence electrons. The van der Waals surface area contributed by atoms with E-state index in [1.165, 1.54) is 31.5 Å². The predicted octanol–water partition coefficient (Wildman–Crippen LogP) is 6.62. The van der Waals surface area contributed by atoms with Gasteiger partial charge in [-0.25, -0.2) is 4.39 Å². The molecule has 0 radical (unpaired) electrons. The third-order valence-electron chi connectivity index (χ3n) is 8.26. The third-order valence-corrected chi connectivity index (χ3v) is 8.26. The summed E-state index contributed by atoms with van der Waals surface area (Å²) in [6.45, 7) is 6.83. The van der Waals surface area contributed by atoms with Gasteiger partial charge in [0.15, 0.2) is 0 Å². The molecular weight excluding hydrogens is 453 g/mol. The number of halogens is 1. The lowest BCUT2D eigenvalue weighted by Crippen LogP contribution is -2.42. The molecule has 1 aliphatic heterocycles. The maximum absolute atomic E-state index is 14.5. The summed E-state index contributed by atoms with van der Waals surface area (Å²) >= 11 is 0. The Hall–Kier alpha value is -2.76. The number of nitrogens with zero attached hydrogens (tertiary/aromatic N) is 2. The smallest absolute Gasteiger partial charge is 0.257 e. The van der Waals surface area contributed by atoms with Crippen molar-refractivity contribution < 1.29 is 14.0 Å². The average molecular weight is 494 g/mol. The SMILES string of the molecule is Cc1ccc(C(=O)Nc2cc(F)cc(CCC3CCC(C)N(C(=O)C4CCCCC4)CC3)c2C)cn1. The lowest BCUT2D eigenvalue weighted by Gasteiger charge is -2.32. The molecule has 2 unspecified atom stereocenters. The van der Waals surface area contributed by atoms with E-state index in [1.54, 1.807) is 18.2 Å². The van der Waals surface area contributed by atoms with E-state index in [0.29, 0.717) is 29.1 Å². The highest BCUT2D eigenvalue weighted by Crippen LogP contribution is 2.31. The van der Waals surface area contributed by atoms with E-state index in [9.17, 15) is 14.0 Å². The van der Waals surface area contributed by atoms with E-state index < -0.39 is 0 Å². The molecule has 2 aromatic rings. The second-order valence-electron chi connectivity index (χ2n) is 10.9. The summed E-state index contributed by atoms with van der Waals surface area (Å²) in [4.78, 5) is 32.2. The van der Waals surface area contributed by atoms with E-state index in [1.807, 2.05) is 13.8 Å². The summed E-state index contributed by atoms with van der Waals surface area (Å²) in [5, 5.41) is 2.87. The van der Waals surface area contributed by atoms with Gasteiger partial charge in [-0.1, -0.05) is 19.3 Å². The number of nitrogens with one attached hydrogen (secondary N) is 1. The van der Waals surface area contributed by atoms with Crippen molar-refractivity contribution in [2.24, 2.45) is 11.8 Å². The van der Waals surface area contributed by atoms with Gasteiger partial charge in [-0.3, -0.25) is 14.6 Å². The van der Waals surface area contributed by atoms with Gasteiger partial charge < -0.3 is 10.2 Å². The van der Waals surface area contributed by atoms with Crippen LogP contribution in [0.25, 0.3) is 0 Å². The number of hydrogen-bond acceptors (Lipinski definition) is 3. The van der Waals surface area contributed by atoms with Crippen LogP contribution in [0, 0.1) is 31.5 Å². The molecule has 1 aromatic heterocycles. The summed E-state index contributed by atoms with van der Waals surface area (Å²) in [6.07, 6.45) is 12.1. The maximum atomic E-state index is 14.5. The van der Waals surface area contributed by atoms with Crippen molar-refractivity contribution in [1.82, 2.24) is 9.88 Å².